The van der Waals surface area contributed by atoms with Crippen molar-refractivity contribution in [3.05, 3.63) is 49.6 Å². The number of benzene rings is 1. The fraction of sp³-hybridized carbons (Fsp3) is 0.188. The number of aromatic nitrogens is 1. The van der Waals surface area contributed by atoms with E-state index in [1.165, 1.54) is 6.07 Å². The third kappa shape index (κ3) is 5.22. The SMILES string of the molecule is C#CCOc1ccc(-c2[c-]cc(Br)c(=O)n2CC(F)F)c(Br)c1.[Y]. The van der Waals surface area contributed by atoms with Gasteiger partial charge in [0.05, 0.1) is 6.54 Å². The van der Waals surface area contributed by atoms with Crippen LogP contribution >= 0.6 is 31.9 Å². The van der Waals surface area contributed by atoms with Crippen LogP contribution in [-0.4, -0.2) is 17.6 Å². The molecule has 1 aromatic heterocycles. The van der Waals surface area contributed by atoms with E-state index < -0.39 is 18.5 Å². The van der Waals surface area contributed by atoms with E-state index in [4.69, 9.17) is 11.2 Å². The van der Waals surface area contributed by atoms with E-state index >= 15 is 0 Å². The molecule has 0 saturated carbocycles. The van der Waals surface area contributed by atoms with Gasteiger partial charge in [-0.1, -0.05) is 33.1 Å². The van der Waals surface area contributed by atoms with Crippen molar-refractivity contribution in [1.29, 1.82) is 0 Å². The van der Waals surface area contributed by atoms with E-state index in [1.54, 1.807) is 18.2 Å². The van der Waals surface area contributed by atoms with Crippen molar-refractivity contribution in [3.63, 3.8) is 0 Å². The summed E-state index contributed by atoms with van der Waals surface area (Å²) in [6.07, 6.45) is 2.47. The monoisotopic (exact) mass is 533 g/mol. The molecule has 2 rings (SSSR count). The summed E-state index contributed by atoms with van der Waals surface area (Å²) in [5, 5.41) is 0. The molecule has 0 spiro atoms. The molecule has 123 valence electrons. The van der Waals surface area contributed by atoms with E-state index in [1.807, 2.05) is 0 Å². The molecule has 0 aliphatic heterocycles. The van der Waals surface area contributed by atoms with Crippen LogP contribution in [0.15, 0.2) is 38.0 Å². The summed E-state index contributed by atoms with van der Waals surface area (Å²) < 4.78 is 32.6. The predicted molar refractivity (Wildman–Crippen MR) is 90.7 cm³/mol. The Balaban J connectivity index is 0.00000288. The number of alkyl halides is 2. The van der Waals surface area contributed by atoms with E-state index in [-0.39, 0.29) is 49.5 Å². The zero-order chi connectivity index (χ0) is 17.0. The average Bonchev–Trinajstić information content (AvgIpc) is 2.50. The summed E-state index contributed by atoms with van der Waals surface area (Å²) in [6.45, 7) is -0.599. The Morgan fingerprint density at radius 3 is 2.62 bits per heavy atom. The van der Waals surface area contributed by atoms with Crippen LogP contribution in [0.3, 0.4) is 0 Å². The van der Waals surface area contributed by atoms with Gasteiger partial charge >= 0.3 is 0 Å². The fourth-order valence-corrected chi connectivity index (χ4v) is 2.81. The quantitative estimate of drug-likeness (QED) is 0.427. The third-order valence-corrected chi connectivity index (χ3v) is 4.12. The van der Waals surface area contributed by atoms with Crippen LogP contribution in [0.25, 0.3) is 11.3 Å². The van der Waals surface area contributed by atoms with Gasteiger partial charge in [-0.05, 0) is 21.1 Å². The first-order chi connectivity index (χ1) is 10.9. The summed E-state index contributed by atoms with van der Waals surface area (Å²) in [6, 6.07) is 9.21. The van der Waals surface area contributed by atoms with E-state index in [9.17, 15) is 13.6 Å². The van der Waals surface area contributed by atoms with Crippen LogP contribution in [0.1, 0.15) is 0 Å². The Morgan fingerprint density at radius 2 is 2.04 bits per heavy atom. The zero-order valence-electron chi connectivity index (χ0n) is 12.2. The molecule has 0 atom stereocenters. The topological polar surface area (TPSA) is 31.2 Å². The van der Waals surface area contributed by atoms with Crippen LogP contribution in [0, 0.1) is 18.4 Å². The summed E-state index contributed by atoms with van der Waals surface area (Å²) >= 11 is 6.39. The van der Waals surface area contributed by atoms with Gasteiger partial charge < -0.3 is 9.30 Å². The Labute approximate surface area is 179 Å². The first kappa shape index (κ1) is 21.5. The summed E-state index contributed by atoms with van der Waals surface area (Å²) in [4.78, 5) is 12.1. The average molecular weight is 535 g/mol. The van der Waals surface area contributed by atoms with Gasteiger partial charge in [-0.3, -0.25) is 4.79 Å². The van der Waals surface area contributed by atoms with Crippen molar-refractivity contribution in [2.24, 2.45) is 0 Å². The van der Waals surface area contributed by atoms with Gasteiger partial charge in [0.2, 0.25) is 5.56 Å². The van der Waals surface area contributed by atoms with E-state index in [0.29, 0.717) is 15.8 Å². The van der Waals surface area contributed by atoms with Crippen molar-refractivity contribution < 1.29 is 46.2 Å². The number of ether oxygens (including phenoxy) is 1. The minimum absolute atomic E-state index is 0. The molecule has 8 heteroatoms. The molecule has 0 aliphatic rings. The molecule has 3 nitrogen and oxygen atoms in total. The second-order valence-corrected chi connectivity index (χ2v) is 6.14. The second-order valence-electron chi connectivity index (χ2n) is 4.43. The molecule has 2 aromatic rings. The van der Waals surface area contributed by atoms with Crippen LogP contribution in [0.5, 0.6) is 5.75 Å². The zero-order valence-corrected chi connectivity index (χ0v) is 18.2. The standard InChI is InChI=1S/C16H10Br2F2NO2.Y/c1-2-7-23-10-3-4-11(13(18)8-10)14-6-5-12(17)16(22)21(14)9-15(19)20;/h1,3-5,8,15H,7,9H2;/q-1;. The van der Waals surface area contributed by atoms with Crippen LogP contribution in [0.2, 0.25) is 0 Å². The molecule has 0 aliphatic carbocycles. The van der Waals surface area contributed by atoms with Crippen molar-refractivity contribution >= 4 is 31.9 Å². The van der Waals surface area contributed by atoms with Crippen molar-refractivity contribution in [2.45, 2.75) is 13.0 Å². The first-order valence-electron chi connectivity index (χ1n) is 6.39. The third-order valence-electron chi connectivity index (χ3n) is 2.89. The molecule has 0 amide bonds. The molecule has 0 bridgehead atoms. The Morgan fingerprint density at radius 1 is 1.33 bits per heavy atom. The number of nitrogens with zero attached hydrogens (tertiary/aromatic N) is 1. The number of hydrogen-bond donors (Lipinski definition) is 0. The number of terminal acetylenes is 1. The number of pyridine rings is 1. The smallest absolute Gasteiger partial charge is 0.256 e. The van der Waals surface area contributed by atoms with E-state index in [2.05, 4.69) is 43.8 Å². The summed E-state index contributed by atoms with van der Waals surface area (Å²) in [5.74, 6) is 2.87. The Kier molecular flexibility index (Phi) is 8.79. The van der Waals surface area contributed by atoms with E-state index in [0.717, 1.165) is 4.57 Å². The molecule has 1 radical (unpaired) electrons. The van der Waals surface area contributed by atoms with Gasteiger partial charge in [0.15, 0.2) is 0 Å². The van der Waals surface area contributed by atoms with Gasteiger partial charge in [0.25, 0.3) is 6.43 Å². The minimum Gasteiger partial charge on any atom is -0.481 e. The first-order valence-corrected chi connectivity index (χ1v) is 7.98. The fourth-order valence-electron chi connectivity index (χ4n) is 1.94. The maximum atomic E-state index is 12.8. The minimum atomic E-state index is -2.66. The van der Waals surface area contributed by atoms with Gasteiger partial charge in [0.1, 0.15) is 12.4 Å². The maximum absolute atomic E-state index is 12.8. The number of rotatable bonds is 5. The summed E-state index contributed by atoms with van der Waals surface area (Å²) in [7, 11) is 0. The molecular weight excluding hydrogens is 525 g/mol. The van der Waals surface area contributed by atoms with Crippen molar-refractivity contribution in [3.8, 4) is 29.4 Å². The van der Waals surface area contributed by atoms with Gasteiger partial charge in [-0.2, -0.15) is 12.1 Å². The molecule has 1 aromatic carbocycles. The molecule has 0 N–H and O–H groups in total. The van der Waals surface area contributed by atoms with Crippen LogP contribution < -0.4 is 10.3 Å². The van der Waals surface area contributed by atoms with Gasteiger partial charge in [-0.25, -0.2) is 8.78 Å². The number of halogens is 4. The largest absolute Gasteiger partial charge is 0.481 e. The van der Waals surface area contributed by atoms with Gasteiger partial charge in [-0.15, -0.1) is 28.4 Å². The van der Waals surface area contributed by atoms with Crippen molar-refractivity contribution in [1.82, 2.24) is 4.57 Å². The summed E-state index contributed by atoms with van der Waals surface area (Å²) in [5.41, 5.74) is 0.260. The molecule has 1 heterocycles. The molecule has 0 fully saturated rings. The van der Waals surface area contributed by atoms with Crippen LogP contribution in [-0.2, 0) is 39.3 Å². The second kappa shape index (κ2) is 9.81. The van der Waals surface area contributed by atoms with Crippen LogP contribution in [0.4, 0.5) is 8.78 Å². The predicted octanol–water partition coefficient (Wildman–Crippen LogP) is 4.12. The Bertz CT molecular complexity index is 819. The Hall–Kier alpha value is -0.546. The maximum Gasteiger partial charge on any atom is 0.256 e. The van der Waals surface area contributed by atoms with Crippen molar-refractivity contribution in [2.75, 3.05) is 6.61 Å². The molecule has 24 heavy (non-hydrogen) atoms. The van der Waals surface area contributed by atoms with Gasteiger partial charge in [0, 0.05) is 32.7 Å². The molecule has 0 saturated heterocycles. The molecule has 0 unspecified atom stereocenters. The molecular formula is C16H10Br2F2NO2Y-. The number of hydrogen-bond acceptors (Lipinski definition) is 2. The normalized spacial score (nSPS) is 10.2.